The van der Waals surface area contributed by atoms with Crippen LogP contribution in [0.25, 0.3) is 16.9 Å². The van der Waals surface area contributed by atoms with Crippen molar-refractivity contribution >= 4 is 17.7 Å². The van der Waals surface area contributed by atoms with Crippen LogP contribution in [0.2, 0.25) is 0 Å². The van der Waals surface area contributed by atoms with Crippen LogP contribution in [0, 0.1) is 6.92 Å². The lowest BCUT2D eigenvalue weighted by molar-refractivity contribution is -0.119. The fraction of sp³-hybridized carbons (Fsp3) is 0.273. The number of amides is 1. The van der Waals surface area contributed by atoms with E-state index in [0.717, 1.165) is 22.1 Å². The number of benzene rings is 2. The number of carbonyl (C=O) groups excluding carboxylic acids is 1. The summed E-state index contributed by atoms with van der Waals surface area (Å²) in [7, 11) is 1.63. The molecule has 3 aromatic rings. The molecule has 3 rings (SSSR count). The first-order valence-corrected chi connectivity index (χ1v) is 10.2. The second kappa shape index (κ2) is 9.57. The summed E-state index contributed by atoms with van der Waals surface area (Å²) < 4.78 is 7.17. The van der Waals surface area contributed by atoms with Gasteiger partial charge in [-0.2, -0.15) is 0 Å². The molecule has 0 radical (unpaired) electrons. The lowest BCUT2D eigenvalue weighted by atomic mass is 10.1. The molecule has 0 aliphatic carbocycles. The highest BCUT2D eigenvalue weighted by Gasteiger charge is 2.16. The minimum atomic E-state index is -0.0331. The Kier molecular flexibility index (Phi) is 6.90. The van der Waals surface area contributed by atoms with Crippen LogP contribution < -0.4 is 5.32 Å². The minimum absolute atomic E-state index is 0.0187. The fourth-order valence-corrected chi connectivity index (χ4v) is 3.73. The van der Waals surface area contributed by atoms with Crippen molar-refractivity contribution in [2.75, 3.05) is 19.5 Å². The van der Waals surface area contributed by atoms with Gasteiger partial charge in [0.1, 0.15) is 0 Å². The third-order valence-electron chi connectivity index (χ3n) is 4.25. The number of methoxy groups -OCH3 is 1. The van der Waals surface area contributed by atoms with Gasteiger partial charge in [-0.15, -0.1) is 0 Å². The van der Waals surface area contributed by atoms with E-state index in [1.807, 2.05) is 31.3 Å². The lowest BCUT2D eigenvalue weighted by Gasteiger charge is -2.14. The van der Waals surface area contributed by atoms with Crippen molar-refractivity contribution in [2.24, 2.45) is 0 Å². The molecule has 0 fully saturated rings. The van der Waals surface area contributed by atoms with E-state index in [2.05, 4.69) is 58.2 Å². The molecule has 1 unspecified atom stereocenters. The van der Waals surface area contributed by atoms with E-state index in [-0.39, 0.29) is 11.9 Å². The van der Waals surface area contributed by atoms with Crippen LogP contribution in [0.1, 0.15) is 12.5 Å². The fourth-order valence-electron chi connectivity index (χ4n) is 2.93. The third-order valence-corrected chi connectivity index (χ3v) is 5.20. The van der Waals surface area contributed by atoms with E-state index in [0.29, 0.717) is 12.4 Å². The second-order valence-electron chi connectivity index (χ2n) is 6.68. The number of thioether (sulfide) groups is 1. The average Bonchev–Trinajstić information content (AvgIpc) is 3.12. The quantitative estimate of drug-likeness (QED) is 0.584. The Morgan fingerprint density at radius 3 is 2.57 bits per heavy atom. The van der Waals surface area contributed by atoms with Crippen molar-refractivity contribution in [3.05, 3.63) is 66.4 Å². The second-order valence-corrected chi connectivity index (χ2v) is 7.62. The van der Waals surface area contributed by atoms with Crippen LogP contribution in [0.5, 0.6) is 0 Å². The van der Waals surface area contributed by atoms with Gasteiger partial charge in [0.2, 0.25) is 5.91 Å². The maximum Gasteiger partial charge on any atom is 0.230 e. The number of nitrogens with zero attached hydrogens (tertiary/aromatic N) is 2. The summed E-state index contributed by atoms with van der Waals surface area (Å²) in [5.41, 5.74) is 4.31. The Balaban J connectivity index is 1.86. The van der Waals surface area contributed by atoms with Gasteiger partial charge in [0.05, 0.1) is 24.3 Å². The largest absolute Gasteiger partial charge is 0.383 e. The van der Waals surface area contributed by atoms with Crippen molar-refractivity contribution < 1.29 is 9.53 Å². The average molecular weight is 396 g/mol. The van der Waals surface area contributed by atoms with E-state index in [4.69, 9.17) is 4.74 Å². The standard InChI is InChI=1S/C22H25N3O2S/c1-16-9-11-19(12-10-16)25-20(18-7-5-4-6-8-18)13-23-22(25)28-15-21(26)24-17(2)14-27-3/h4-13,17H,14-15H2,1-3H3,(H,24,26). The monoisotopic (exact) mass is 395 g/mol. The Morgan fingerprint density at radius 1 is 1.18 bits per heavy atom. The number of carbonyl (C=O) groups is 1. The number of aromatic nitrogens is 2. The minimum Gasteiger partial charge on any atom is -0.383 e. The molecule has 28 heavy (non-hydrogen) atoms. The molecule has 0 saturated heterocycles. The highest BCUT2D eigenvalue weighted by molar-refractivity contribution is 7.99. The molecule has 1 N–H and O–H groups in total. The van der Waals surface area contributed by atoms with Gasteiger partial charge in [-0.3, -0.25) is 9.36 Å². The third kappa shape index (κ3) is 5.03. The number of rotatable bonds is 8. The molecule has 0 spiro atoms. The number of hydrogen-bond donors (Lipinski definition) is 1. The van der Waals surface area contributed by atoms with Crippen molar-refractivity contribution in [3.8, 4) is 16.9 Å². The molecule has 6 heteroatoms. The van der Waals surface area contributed by atoms with Crippen LogP contribution in [0.3, 0.4) is 0 Å². The van der Waals surface area contributed by atoms with E-state index in [9.17, 15) is 4.79 Å². The molecule has 1 aromatic heterocycles. The smallest absolute Gasteiger partial charge is 0.230 e. The zero-order chi connectivity index (χ0) is 19.9. The molecule has 0 saturated carbocycles. The predicted octanol–water partition coefficient (Wildman–Crippen LogP) is 4.09. The Morgan fingerprint density at radius 2 is 1.89 bits per heavy atom. The van der Waals surface area contributed by atoms with Gasteiger partial charge in [-0.05, 0) is 26.0 Å². The van der Waals surface area contributed by atoms with Gasteiger partial charge in [-0.1, -0.05) is 59.8 Å². The number of hydrogen-bond acceptors (Lipinski definition) is 4. The first-order chi connectivity index (χ1) is 13.6. The summed E-state index contributed by atoms with van der Waals surface area (Å²) >= 11 is 1.43. The predicted molar refractivity (Wildman–Crippen MR) is 114 cm³/mol. The van der Waals surface area contributed by atoms with Gasteiger partial charge in [0.15, 0.2) is 5.16 Å². The molecule has 146 valence electrons. The summed E-state index contributed by atoms with van der Waals surface area (Å²) in [6.45, 7) is 4.48. The molecule has 0 aliphatic heterocycles. The number of ether oxygens (including phenoxy) is 1. The van der Waals surface area contributed by atoms with Crippen LogP contribution in [0.15, 0.2) is 66.0 Å². The molecule has 1 heterocycles. The van der Waals surface area contributed by atoms with Gasteiger partial charge >= 0.3 is 0 Å². The van der Waals surface area contributed by atoms with Gasteiger partial charge < -0.3 is 10.1 Å². The Bertz CT molecular complexity index is 907. The highest BCUT2D eigenvalue weighted by Crippen LogP contribution is 2.29. The summed E-state index contributed by atoms with van der Waals surface area (Å²) in [6.07, 6.45) is 1.86. The molecular weight excluding hydrogens is 370 g/mol. The molecule has 0 bridgehead atoms. The van der Waals surface area contributed by atoms with Gasteiger partial charge in [-0.25, -0.2) is 4.98 Å². The van der Waals surface area contributed by atoms with Crippen LogP contribution >= 0.6 is 11.8 Å². The Labute approximate surface area is 170 Å². The molecule has 5 nitrogen and oxygen atoms in total. The van der Waals surface area contributed by atoms with Crippen LogP contribution in [-0.2, 0) is 9.53 Å². The number of aryl methyl sites for hydroxylation is 1. The maximum atomic E-state index is 12.2. The summed E-state index contributed by atoms with van der Waals surface area (Å²) in [6, 6.07) is 18.5. The first-order valence-electron chi connectivity index (χ1n) is 9.20. The van der Waals surface area contributed by atoms with Gasteiger partial charge in [0, 0.05) is 24.4 Å². The maximum absolute atomic E-state index is 12.2. The van der Waals surface area contributed by atoms with Crippen molar-refractivity contribution in [1.82, 2.24) is 14.9 Å². The van der Waals surface area contributed by atoms with Crippen molar-refractivity contribution in [1.29, 1.82) is 0 Å². The summed E-state index contributed by atoms with van der Waals surface area (Å²) in [4.78, 5) is 16.8. The van der Waals surface area contributed by atoms with E-state index >= 15 is 0 Å². The zero-order valence-corrected chi connectivity index (χ0v) is 17.2. The van der Waals surface area contributed by atoms with E-state index in [1.165, 1.54) is 17.3 Å². The number of imidazole rings is 1. The van der Waals surface area contributed by atoms with Gasteiger partial charge in [0.25, 0.3) is 0 Å². The molecule has 2 aromatic carbocycles. The van der Waals surface area contributed by atoms with E-state index < -0.39 is 0 Å². The van der Waals surface area contributed by atoms with Crippen molar-refractivity contribution in [3.63, 3.8) is 0 Å². The molecular formula is C22H25N3O2S. The number of nitrogens with one attached hydrogen (secondary N) is 1. The highest BCUT2D eigenvalue weighted by atomic mass is 32.2. The summed E-state index contributed by atoms with van der Waals surface area (Å²) in [5, 5.41) is 3.72. The SMILES string of the molecule is COCC(C)NC(=O)CSc1ncc(-c2ccccc2)n1-c1ccc(C)cc1. The molecule has 1 atom stereocenters. The molecule has 0 aliphatic rings. The molecule has 1 amide bonds. The van der Waals surface area contributed by atoms with Crippen LogP contribution in [-0.4, -0.2) is 41.0 Å². The Hall–Kier alpha value is -2.57. The first kappa shape index (κ1) is 20.2. The lowest BCUT2D eigenvalue weighted by Crippen LogP contribution is -2.36. The summed E-state index contributed by atoms with van der Waals surface area (Å²) in [5.74, 6) is 0.264. The van der Waals surface area contributed by atoms with Crippen LogP contribution in [0.4, 0.5) is 0 Å². The zero-order valence-electron chi connectivity index (χ0n) is 16.4. The van der Waals surface area contributed by atoms with Crippen molar-refractivity contribution in [2.45, 2.75) is 25.0 Å². The van der Waals surface area contributed by atoms with E-state index in [1.54, 1.807) is 7.11 Å². The normalized spacial score (nSPS) is 12.0. The topological polar surface area (TPSA) is 56.1 Å².